The first-order valence-corrected chi connectivity index (χ1v) is 5.79. The molecule has 0 radical (unpaired) electrons. The molecule has 13 heavy (non-hydrogen) atoms. The van der Waals surface area contributed by atoms with E-state index in [9.17, 15) is 0 Å². The Morgan fingerprint density at radius 2 is 2.08 bits per heavy atom. The summed E-state index contributed by atoms with van der Waals surface area (Å²) in [5.74, 6) is 0. The summed E-state index contributed by atoms with van der Waals surface area (Å²) in [6.45, 7) is 6.75. The highest BCUT2D eigenvalue weighted by molar-refractivity contribution is 4.83. The van der Waals surface area contributed by atoms with Crippen molar-refractivity contribution in [2.75, 3.05) is 13.1 Å². The summed E-state index contributed by atoms with van der Waals surface area (Å²) < 4.78 is 0. The summed E-state index contributed by atoms with van der Waals surface area (Å²) in [7, 11) is 0. The van der Waals surface area contributed by atoms with E-state index in [2.05, 4.69) is 18.7 Å². The molecule has 2 nitrogen and oxygen atoms in total. The molecular formula is C11H24N2. The lowest BCUT2D eigenvalue weighted by molar-refractivity contribution is 0.164. The van der Waals surface area contributed by atoms with Crippen molar-refractivity contribution < 1.29 is 0 Å². The number of hydrogen-bond donors (Lipinski definition) is 1. The second kappa shape index (κ2) is 5.61. The topological polar surface area (TPSA) is 29.3 Å². The monoisotopic (exact) mass is 184 g/mol. The quantitative estimate of drug-likeness (QED) is 0.708. The fourth-order valence-electron chi connectivity index (χ4n) is 2.60. The Hall–Kier alpha value is -0.0800. The van der Waals surface area contributed by atoms with Gasteiger partial charge in [-0.05, 0) is 45.2 Å². The van der Waals surface area contributed by atoms with E-state index in [4.69, 9.17) is 5.73 Å². The maximum absolute atomic E-state index is 5.63. The molecular weight excluding hydrogens is 160 g/mol. The summed E-state index contributed by atoms with van der Waals surface area (Å²) in [6.07, 6.45) is 6.51. The fraction of sp³-hybridized carbons (Fsp3) is 1.00. The van der Waals surface area contributed by atoms with E-state index in [-0.39, 0.29) is 0 Å². The lowest BCUT2D eigenvalue weighted by Crippen LogP contribution is -2.39. The third-order valence-corrected chi connectivity index (χ3v) is 3.33. The van der Waals surface area contributed by atoms with Crippen LogP contribution in [0, 0.1) is 0 Å². The van der Waals surface area contributed by atoms with Crippen molar-refractivity contribution in [3.63, 3.8) is 0 Å². The van der Waals surface area contributed by atoms with Gasteiger partial charge in [-0.15, -0.1) is 0 Å². The van der Waals surface area contributed by atoms with Gasteiger partial charge in [0.15, 0.2) is 0 Å². The van der Waals surface area contributed by atoms with Gasteiger partial charge in [-0.25, -0.2) is 0 Å². The Bertz CT molecular complexity index is 132. The Morgan fingerprint density at radius 3 is 2.62 bits per heavy atom. The first kappa shape index (κ1) is 11.0. The van der Waals surface area contributed by atoms with Crippen molar-refractivity contribution >= 4 is 0 Å². The number of nitrogens with zero attached hydrogens (tertiary/aromatic N) is 1. The molecule has 1 heterocycles. The maximum Gasteiger partial charge on any atom is 0.0111 e. The number of nitrogens with two attached hydrogens (primary N) is 1. The molecule has 0 bridgehead atoms. The van der Waals surface area contributed by atoms with Gasteiger partial charge in [0.25, 0.3) is 0 Å². The molecule has 0 spiro atoms. The van der Waals surface area contributed by atoms with Gasteiger partial charge in [-0.3, -0.25) is 4.90 Å². The van der Waals surface area contributed by atoms with E-state index in [0.717, 1.165) is 18.6 Å². The molecule has 1 rings (SSSR count). The SMILES string of the molecule is CCC(CC)N1CCCC1CCN. The van der Waals surface area contributed by atoms with Crippen LogP contribution in [0.1, 0.15) is 46.0 Å². The standard InChI is InChI=1S/C11H24N2/c1-3-10(4-2)13-9-5-6-11(13)7-8-12/h10-11H,3-9,12H2,1-2H3. The lowest BCUT2D eigenvalue weighted by atomic mass is 10.1. The van der Waals surface area contributed by atoms with E-state index in [0.29, 0.717) is 0 Å². The van der Waals surface area contributed by atoms with Crippen LogP contribution in [0.2, 0.25) is 0 Å². The van der Waals surface area contributed by atoms with Gasteiger partial charge in [0.1, 0.15) is 0 Å². The third kappa shape index (κ3) is 2.68. The van der Waals surface area contributed by atoms with Gasteiger partial charge in [0.2, 0.25) is 0 Å². The van der Waals surface area contributed by atoms with Crippen LogP contribution < -0.4 is 5.73 Å². The van der Waals surface area contributed by atoms with Crippen molar-refractivity contribution in [1.29, 1.82) is 0 Å². The van der Waals surface area contributed by atoms with Crippen LogP contribution in [0.25, 0.3) is 0 Å². The Labute approximate surface area is 82.5 Å². The van der Waals surface area contributed by atoms with Gasteiger partial charge in [-0.2, -0.15) is 0 Å². The molecule has 0 aromatic rings. The van der Waals surface area contributed by atoms with E-state index >= 15 is 0 Å². The average Bonchev–Trinajstić information content (AvgIpc) is 2.57. The largest absolute Gasteiger partial charge is 0.330 e. The minimum atomic E-state index is 0.787. The maximum atomic E-state index is 5.63. The molecule has 1 aliphatic heterocycles. The zero-order valence-corrected chi connectivity index (χ0v) is 9.13. The normalized spacial score (nSPS) is 24.5. The molecule has 0 aromatic heterocycles. The Morgan fingerprint density at radius 1 is 1.38 bits per heavy atom. The summed E-state index contributed by atoms with van der Waals surface area (Å²) in [4.78, 5) is 2.69. The van der Waals surface area contributed by atoms with Crippen LogP contribution in [0.3, 0.4) is 0 Å². The molecule has 2 N–H and O–H groups in total. The molecule has 1 unspecified atom stereocenters. The zero-order chi connectivity index (χ0) is 9.68. The summed E-state index contributed by atoms with van der Waals surface area (Å²) in [5, 5.41) is 0. The highest BCUT2D eigenvalue weighted by Gasteiger charge is 2.27. The molecule has 1 fully saturated rings. The molecule has 1 aliphatic rings. The zero-order valence-electron chi connectivity index (χ0n) is 9.13. The smallest absolute Gasteiger partial charge is 0.0111 e. The van der Waals surface area contributed by atoms with E-state index in [1.165, 1.54) is 38.6 Å². The van der Waals surface area contributed by atoms with Crippen LogP contribution in [-0.2, 0) is 0 Å². The number of likely N-dealkylation sites (tertiary alicyclic amines) is 1. The van der Waals surface area contributed by atoms with Crippen molar-refractivity contribution in [1.82, 2.24) is 4.90 Å². The van der Waals surface area contributed by atoms with Gasteiger partial charge in [-0.1, -0.05) is 13.8 Å². The molecule has 1 saturated heterocycles. The van der Waals surface area contributed by atoms with E-state index in [1.54, 1.807) is 0 Å². The van der Waals surface area contributed by atoms with Crippen molar-refractivity contribution in [2.45, 2.75) is 58.0 Å². The van der Waals surface area contributed by atoms with Crippen LogP contribution in [0.5, 0.6) is 0 Å². The summed E-state index contributed by atoms with van der Waals surface area (Å²) in [6, 6.07) is 1.59. The Balaban J connectivity index is 2.45. The lowest BCUT2D eigenvalue weighted by Gasteiger charge is -2.31. The van der Waals surface area contributed by atoms with Crippen LogP contribution in [0.4, 0.5) is 0 Å². The van der Waals surface area contributed by atoms with Gasteiger partial charge in [0.05, 0.1) is 0 Å². The second-order valence-electron chi connectivity index (χ2n) is 4.08. The van der Waals surface area contributed by atoms with E-state index in [1.807, 2.05) is 0 Å². The van der Waals surface area contributed by atoms with E-state index < -0.39 is 0 Å². The molecule has 0 amide bonds. The average molecular weight is 184 g/mol. The molecule has 0 saturated carbocycles. The van der Waals surface area contributed by atoms with Crippen molar-refractivity contribution in [3.05, 3.63) is 0 Å². The van der Waals surface area contributed by atoms with Crippen LogP contribution >= 0.6 is 0 Å². The highest BCUT2D eigenvalue weighted by Crippen LogP contribution is 2.24. The molecule has 78 valence electrons. The van der Waals surface area contributed by atoms with Crippen molar-refractivity contribution in [3.8, 4) is 0 Å². The molecule has 0 aliphatic carbocycles. The number of hydrogen-bond acceptors (Lipinski definition) is 2. The van der Waals surface area contributed by atoms with Crippen LogP contribution in [-0.4, -0.2) is 30.1 Å². The summed E-state index contributed by atoms with van der Waals surface area (Å²) in [5.41, 5.74) is 5.63. The minimum absolute atomic E-state index is 0.787. The molecule has 0 aromatic carbocycles. The fourth-order valence-corrected chi connectivity index (χ4v) is 2.60. The first-order chi connectivity index (χ1) is 6.33. The van der Waals surface area contributed by atoms with Gasteiger partial charge >= 0.3 is 0 Å². The first-order valence-electron chi connectivity index (χ1n) is 5.79. The Kier molecular flexibility index (Phi) is 4.74. The van der Waals surface area contributed by atoms with Gasteiger partial charge < -0.3 is 5.73 Å². The predicted octanol–water partition coefficient (Wildman–Crippen LogP) is 1.99. The van der Waals surface area contributed by atoms with Crippen molar-refractivity contribution in [2.24, 2.45) is 5.73 Å². The molecule has 1 atom stereocenters. The number of rotatable bonds is 5. The predicted molar refractivity (Wildman–Crippen MR) is 57.8 cm³/mol. The summed E-state index contributed by atoms with van der Waals surface area (Å²) >= 11 is 0. The molecule has 2 heteroatoms. The van der Waals surface area contributed by atoms with Gasteiger partial charge in [0, 0.05) is 12.1 Å². The van der Waals surface area contributed by atoms with Crippen LogP contribution in [0.15, 0.2) is 0 Å². The third-order valence-electron chi connectivity index (χ3n) is 3.33. The highest BCUT2D eigenvalue weighted by atomic mass is 15.2. The minimum Gasteiger partial charge on any atom is -0.330 e. The second-order valence-corrected chi connectivity index (χ2v) is 4.08.